The van der Waals surface area contributed by atoms with Crippen LogP contribution < -0.4 is 5.73 Å². The van der Waals surface area contributed by atoms with E-state index in [0.717, 1.165) is 18.8 Å². The summed E-state index contributed by atoms with van der Waals surface area (Å²) in [6.45, 7) is 8.27. The molecule has 102 valence electrons. The number of hydrogen-bond acceptors (Lipinski definition) is 3. The summed E-state index contributed by atoms with van der Waals surface area (Å²) < 4.78 is 0. The Morgan fingerprint density at radius 2 is 1.89 bits per heavy atom. The van der Waals surface area contributed by atoms with Gasteiger partial charge >= 0.3 is 0 Å². The van der Waals surface area contributed by atoms with Gasteiger partial charge in [-0.3, -0.25) is 10.00 Å². The summed E-state index contributed by atoms with van der Waals surface area (Å²) in [6, 6.07) is 6.29. The number of nitrogens with one attached hydrogen (secondary N) is 1. The van der Waals surface area contributed by atoms with E-state index in [2.05, 4.69) is 55.0 Å². The molecule has 0 aliphatic heterocycles. The van der Waals surface area contributed by atoms with Crippen molar-refractivity contribution in [1.29, 1.82) is 0 Å². The molecule has 3 N–H and O–H groups in total. The van der Waals surface area contributed by atoms with Gasteiger partial charge in [0.25, 0.3) is 0 Å². The summed E-state index contributed by atoms with van der Waals surface area (Å²) in [7, 11) is 2.10. The van der Waals surface area contributed by atoms with Gasteiger partial charge < -0.3 is 5.73 Å². The predicted molar refractivity (Wildman–Crippen MR) is 78.8 cm³/mol. The van der Waals surface area contributed by atoms with E-state index in [-0.39, 0.29) is 0 Å². The van der Waals surface area contributed by atoms with Crippen molar-refractivity contribution in [2.24, 2.45) is 0 Å². The van der Waals surface area contributed by atoms with Crippen molar-refractivity contribution in [1.82, 2.24) is 15.1 Å². The molecule has 0 saturated heterocycles. The minimum atomic E-state index is 0.547. The van der Waals surface area contributed by atoms with Crippen LogP contribution in [0.1, 0.15) is 27.9 Å². The minimum absolute atomic E-state index is 0.547. The Kier molecular flexibility index (Phi) is 3.90. The molecule has 0 radical (unpaired) electrons. The summed E-state index contributed by atoms with van der Waals surface area (Å²) in [6.07, 6.45) is 0. The van der Waals surface area contributed by atoms with Crippen LogP contribution in [-0.4, -0.2) is 22.1 Å². The van der Waals surface area contributed by atoms with Gasteiger partial charge in [0.05, 0.1) is 5.69 Å². The van der Waals surface area contributed by atoms with Crippen LogP contribution in [0, 0.1) is 20.8 Å². The third-order valence-corrected chi connectivity index (χ3v) is 3.70. The van der Waals surface area contributed by atoms with E-state index in [1.807, 2.05) is 6.07 Å². The molecule has 0 aliphatic carbocycles. The summed E-state index contributed by atoms with van der Waals surface area (Å²) in [5.41, 5.74) is 12.1. The van der Waals surface area contributed by atoms with Crippen LogP contribution in [0.4, 0.5) is 5.82 Å². The van der Waals surface area contributed by atoms with E-state index >= 15 is 0 Å². The Balaban J connectivity index is 2.07. The van der Waals surface area contributed by atoms with E-state index < -0.39 is 0 Å². The third kappa shape index (κ3) is 3.15. The molecule has 0 saturated carbocycles. The number of nitrogen functional groups attached to an aromatic ring is 1. The maximum absolute atomic E-state index is 5.61. The second-order valence-electron chi connectivity index (χ2n) is 5.28. The molecule has 1 aromatic carbocycles. The lowest BCUT2D eigenvalue weighted by Gasteiger charge is -2.18. The number of hydrogen-bond donors (Lipinski definition) is 2. The van der Waals surface area contributed by atoms with Gasteiger partial charge in [0.2, 0.25) is 0 Å². The number of rotatable bonds is 4. The highest BCUT2D eigenvalue weighted by Gasteiger charge is 2.08. The van der Waals surface area contributed by atoms with Crippen molar-refractivity contribution >= 4 is 5.82 Å². The first-order chi connectivity index (χ1) is 8.97. The minimum Gasteiger partial charge on any atom is -0.382 e. The molecule has 2 aromatic rings. The first-order valence-corrected chi connectivity index (χ1v) is 6.51. The molecule has 2 rings (SSSR count). The van der Waals surface area contributed by atoms with Crippen molar-refractivity contribution in [2.75, 3.05) is 12.8 Å². The van der Waals surface area contributed by atoms with Crippen molar-refractivity contribution in [2.45, 2.75) is 33.9 Å². The van der Waals surface area contributed by atoms with Crippen molar-refractivity contribution in [3.8, 4) is 0 Å². The van der Waals surface area contributed by atoms with Crippen molar-refractivity contribution in [3.05, 3.63) is 46.1 Å². The highest BCUT2D eigenvalue weighted by Crippen LogP contribution is 2.19. The molecule has 1 aromatic heterocycles. The molecule has 4 nitrogen and oxygen atoms in total. The zero-order chi connectivity index (χ0) is 14.0. The van der Waals surface area contributed by atoms with Crippen molar-refractivity contribution < 1.29 is 0 Å². The van der Waals surface area contributed by atoms with E-state index in [9.17, 15) is 0 Å². The van der Waals surface area contributed by atoms with Crippen LogP contribution >= 0.6 is 0 Å². The summed E-state index contributed by atoms with van der Waals surface area (Å²) in [5.74, 6) is 0.547. The standard InChI is InChI=1S/C15H22N4/c1-10-5-6-13(12(3)11(10)2)8-19(4)9-14-7-15(16)18-17-14/h5-7H,8-9H2,1-4H3,(H3,16,17,18). The second-order valence-corrected chi connectivity index (χ2v) is 5.28. The SMILES string of the molecule is Cc1ccc(CN(C)Cc2cc(N)n[nH]2)c(C)c1C. The van der Waals surface area contributed by atoms with E-state index in [1.54, 1.807) is 0 Å². The molecule has 0 amide bonds. The number of nitrogens with two attached hydrogens (primary N) is 1. The summed E-state index contributed by atoms with van der Waals surface area (Å²) in [4.78, 5) is 2.25. The average Bonchev–Trinajstić information content (AvgIpc) is 2.75. The largest absolute Gasteiger partial charge is 0.382 e. The Morgan fingerprint density at radius 1 is 1.16 bits per heavy atom. The van der Waals surface area contributed by atoms with E-state index in [4.69, 9.17) is 5.73 Å². The molecular formula is C15H22N4. The Morgan fingerprint density at radius 3 is 2.53 bits per heavy atom. The van der Waals surface area contributed by atoms with Crippen LogP contribution in [0.25, 0.3) is 0 Å². The number of nitrogens with zero attached hydrogens (tertiary/aromatic N) is 2. The fourth-order valence-electron chi connectivity index (χ4n) is 2.28. The number of anilines is 1. The zero-order valence-electron chi connectivity index (χ0n) is 12.1. The number of aromatic amines is 1. The fourth-order valence-corrected chi connectivity index (χ4v) is 2.28. The van der Waals surface area contributed by atoms with Gasteiger partial charge in [0.15, 0.2) is 0 Å². The van der Waals surface area contributed by atoms with Gasteiger partial charge in [0, 0.05) is 19.2 Å². The third-order valence-electron chi connectivity index (χ3n) is 3.70. The molecule has 1 heterocycles. The maximum atomic E-state index is 5.61. The Bertz CT molecular complexity index is 572. The highest BCUT2D eigenvalue weighted by atomic mass is 15.2. The first kappa shape index (κ1) is 13.6. The van der Waals surface area contributed by atoms with Crippen LogP contribution in [-0.2, 0) is 13.1 Å². The molecule has 0 atom stereocenters. The van der Waals surface area contributed by atoms with Crippen LogP contribution in [0.2, 0.25) is 0 Å². The number of benzene rings is 1. The molecular weight excluding hydrogens is 236 g/mol. The average molecular weight is 258 g/mol. The predicted octanol–water partition coefficient (Wildman–Crippen LogP) is 2.55. The lowest BCUT2D eigenvalue weighted by Crippen LogP contribution is -2.18. The van der Waals surface area contributed by atoms with Crippen LogP contribution in [0.15, 0.2) is 18.2 Å². The van der Waals surface area contributed by atoms with Gasteiger partial charge in [-0.05, 0) is 50.1 Å². The second kappa shape index (κ2) is 5.45. The van der Waals surface area contributed by atoms with Crippen molar-refractivity contribution in [3.63, 3.8) is 0 Å². The lowest BCUT2D eigenvalue weighted by molar-refractivity contribution is 0.314. The van der Waals surface area contributed by atoms with Crippen LogP contribution in [0.3, 0.4) is 0 Å². The van der Waals surface area contributed by atoms with Gasteiger partial charge in [-0.15, -0.1) is 0 Å². The smallest absolute Gasteiger partial charge is 0.145 e. The number of H-pyrrole nitrogens is 1. The molecule has 0 spiro atoms. The Hall–Kier alpha value is -1.81. The highest BCUT2D eigenvalue weighted by molar-refractivity contribution is 5.38. The van der Waals surface area contributed by atoms with E-state index in [1.165, 1.54) is 22.3 Å². The molecule has 0 fully saturated rings. The van der Waals surface area contributed by atoms with Gasteiger partial charge in [0.1, 0.15) is 5.82 Å². The summed E-state index contributed by atoms with van der Waals surface area (Å²) in [5, 5.41) is 6.89. The lowest BCUT2D eigenvalue weighted by atomic mass is 9.98. The maximum Gasteiger partial charge on any atom is 0.145 e. The van der Waals surface area contributed by atoms with Gasteiger partial charge in [-0.1, -0.05) is 12.1 Å². The molecule has 0 aliphatic rings. The van der Waals surface area contributed by atoms with Crippen LogP contribution in [0.5, 0.6) is 0 Å². The molecule has 19 heavy (non-hydrogen) atoms. The van der Waals surface area contributed by atoms with E-state index in [0.29, 0.717) is 5.82 Å². The van der Waals surface area contributed by atoms with Gasteiger partial charge in [-0.2, -0.15) is 5.10 Å². The fraction of sp³-hybridized carbons (Fsp3) is 0.400. The monoisotopic (exact) mass is 258 g/mol. The zero-order valence-corrected chi connectivity index (χ0v) is 12.1. The molecule has 0 unspecified atom stereocenters. The number of aromatic nitrogens is 2. The Labute approximate surface area is 114 Å². The normalized spacial score (nSPS) is 11.2. The molecule has 0 bridgehead atoms. The first-order valence-electron chi connectivity index (χ1n) is 6.51. The molecule has 4 heteroatoms. The summed E-state index contributed by atoms with van der Waals surface area (Å²) >= 11 is 0. The number of aryl methyl sites for hydroxylation is 1. The topological polar surface area (TPSA) is 57.9 Å². The van der Waals surface area contributed by atoms with Gasteiger partial charge in [-0.25, -0.2) is 0 Å². The quantitative estimate of drug-likeness (QED) is 0.886.